The Morgan fingerprint density at radius 3 is 2.90 bits per heavy atom. The zero-order valence-electron chi connectivity index (χ0n) is 6.51. The SMILES string of the molecule is CCN1CCCCC1C#N. The van der Waals surface area contributed by atoms with E-state index in [1.807, 2.05) is 0 Å². The molecule has 0 bridgehead atoms. The summed E-state index contributed by atoms with van der Waals surface area (Å²) in [7, 11) is 0. The lowest BCUT2D eigenvalue weighted by molar-refractivity contribution is 0.194. The van der Waals surface area contributed by atoms with Crippen molar-refractivity contribution in [1.29, 1.82) is 5.26 Å². The minimum Gasteiger partial charge on any atom is -0.288 e. The second-order valence-corrected chi connectivity index (χ2v) is 2.77. The van der Waals surface area contributed by atoms with Gasteiger partial charge >= 0.3 is 0 Å². The molecule has 1 atom stereocenters. The molecule has 1 rings (SSSR count). The average molecular weight is 138 g/mol. The molecule has 0 spiro atoms. The average Bonchev–Trinajstić information content (AvgIpc) is 2.04. The lowest BCUT2D eigenvalue weighted by atomic mass is 10.0. The van der Waals surface area contributed by atoms with E-state index >= 15 is 0 Å². The van der Waals surface area contributed by atoms with Gasteiger partial charge in [-0.3, -0.25) is 4.90 Å². The Kier molecular flexibility index (Phi) is 2.70. The quantitative estimate of drug-likeness (QED) is 0.547. The molecule has 1 heterocycles. The molecular formula is C8H14N2. The predicted octanol–water partition coefficient (Wildman–Crippen LogP) is 1.38. The van der Waals surface area contributed by atoms with Crippen molar-refractivity contribution in [1.82, 2.24) is 4.90 Å². The van der Waals surface area contributed by atoms with Gasteiger partial charge in [-0.15, -0.1) is 0 Å². The van der Waals surface area contributed by atoms with Crippen molar-refractivity contribution >= 4 is 0 Å². The molecule has 0 radical (unpaired) electrons. The van der Waals surface area contributed by atoms with Crippen LogP contribution in [-0.4, -0.2) is 24.0 Å². The highest BCUT2D eigenvalue weighted by Crippen LogP contribution is 2.14. The molecule has 0 N–H and O–H groups in total. The van der Waals surface area contributed by atoms with Gasteiger partial charge < -0.3 is 0 Å². The maximum absolute atomic E-state index is 8.70. The fourth-order valence-corrected chi connectivity index (χ4v) is 1.52. The molecule has 56 valence electrons. The summed E-state index contributed by atoms with van der Waals surface area (Å²) in [6, 6.07) is 2.54. The molecule has 0 aromatic carbocycles. The minimum absolute atomic E-state index is 0.207. The first-order chi connectivity index (χ1) is 4.88. The summed E-state index contributed by atoms with van der Waals surface area (Å²) >= 11 is 0. The highest BCUT2D eigenvalue weighted by Gasteiger charge is 2.19. The summed E-state index contributed by atoms with van der Waals surface area (Å²) in [5.41, 5.74) is 0. The first-order valence-electron chi connectivity index (χ1n) is 4.02. The molecule has 1 aliphatic rings. The highest BCUT2D eigenvalue weighted by atomic mass is 15.1. The van der Waals surface area contributed by atoms with E-state index in [0.29, 0.717) is 0 Å². The van der Waals surface area contributed by atoms with Gasteiger partial charge in [0.2, 0.25) is 0 Å². The Hall–Kier alpha value is -0.550. The van der Waals surface area contributed by atoms with Gasteiger partial charge in [-0.1, -0.05) is 6.92 Å². The third-order valence-corrected chi connectivity index (χ3v) is 2.17. The van der Waals surface area contributed by atoms with E-state index in [4.69, 9.17) is 5.26 Å². The Morgan fingerprint density at radius 1 is 1.60 bits per heavy atom. The van der Waals surface area contributed by atoms with Crippen molar-refractivity contribution in [3.05, 3.63) is 0 Å². The van der Waals surface area contributed by atoms with E-state index in [-0.39, 0.29) is 6.04 Å². The van der Waals surface area contributed by atoms with Crippen molar-refractivity contribution in [3.63, 3.8) is 0 Å². The molecule has 0 aliphatic carbocycles. The zero-order chi connectivity index (χ0) is 7.40. The lowest BCUT2D eigenvalue weighted by Gasteiger charge is -2.29. The number of likely N-dealkylation sites (tertiary alicyclic amines) is 1. The van der Waals surface area contributed by atoms with Gasteiger partial charge in [-0.05, 0) is 32.4 Å². The number of rotatable bonds is 1. The Bertz CT molecular complexity index is 137. The molecule has 2 heteroatoms. The van der Waals surface area contributed by atoms with Crippen molar-refractivity contribution in [2.24, 2.45) is 0 Å². The van der Waals surface area contributed by atoms with Gasteiger partial charge in [0.05, 0.1) is 12.1 Å². The fraction of sp³-hybridized carbons (Fsp3) is 0.875. The van der Waals surface area contributed by atoms with E-state index in [2.05, 4.69) is 17.9 Å². The first-order valence-corrected chi connectivity index (χ1v) is 4.02. The van der Waals surface area contributed by atoms with E-state index < -0.39 is 0 Å². The fourth-order valence-electron chi connectivity index (χ4n) is 1.52. The molecule has 1 fully saturated rings. The summed E-state index contributed by atoms with van der Waals surface area (Å²) in [6.07, 6.45) is 3.57. The van der Waals surface area contributed by atoms with Crippen LogP contribution in [0.1, 0.15) is 26.2 Å². The third kappa shape index (κ3) is 1.48. The second kappa shape index (κ2) is 3.58. The molecule has 1 saturated heterocycles. The van der Waals surface area contributed by atoms with Crippen LogP contribution in [0, 0.1) is 11.3 Å². The van der Waals surface area contributed by atoms with Crippen molar-refractivity contribution in [2.45, 2.75) is 32.2 Å². The Balaban J connectivity index is 2.44. The third-order valence-electron chi connectivity index (χ3n) is 2.17. The lowest BCUT2D eigenvalue weighted by Crippen LogP contribution is -2.38. The van der Waals surface area contributed by atoms with Crippen LogP contribution in [0.2, 0.25) is 0 Å². The smallest absolute Gasteiger partial charge is 0.0977 e. The molecule has 1 aliphatic heterocycles. The molecule has 2 nitrogen and oxygen atoms in total. The van der Waals surface area contributed by atoms with E-state index in [9.17, 15) is 0 Å². The van der Waals surface area contributed by atoms with Gasteiger partial charge in [-0.2, -0.15) is 5.26 Å². The van der Waals surface area contributed by atoms with Gasteiger partial charge in [0.25, 0.3) is 0 Å². The summed E-state index contributed by atoms with van der Waals surface area (Å²) in [5.74, 6) is 0. The van der Waals surface area contributed by atoms with E-state index in [1.165, 1.54) is 12.8 Å². The summed E-state index contributed by atoms with van der Waals surface area (Å²) in [5, 5.41) is 8.70. The molecule has 0 aromatic heterocycles. The number of nitriles is 1. The van der Waals surface area contributed by atoms with Gasteiger partial charge in [0.1, 0.15) is 0 Å². The largest absolute Gasteiger partial charge is 0.288 e. The summed E-state index contributed by atoms with van der Waals surface area (Å²) in [4.78, 5) is 2.25. The molecule has 0 aromatic rings. The number of hydrogen-bond donors (Lipinski definition) is 0. The van der Waals surface area contributed by atoms with Gasteiger partial charge in [-0.25, -0.2) is 0 Å². The van der Waals surface area contributed by atoms with E-state index in [0.717, 1.165) is 19.5 Å². The van der Waals surface area contributed by atoms with Gasteiger partial charge in [0, 0.05) is 0 Å². The van der Waals surface area contributed by atoms with E-state index in [1.54, 1.807) is 0 Å². The molecular weight excluding hydrogens is 124 g/mol. The Labute approximate surface area is 62.4 Å². The first kappa shape index (κ1) is 7.56. The monoisotopic (exact) mass is 138 g/mol. The van der Waals surface area contributed by atoms with Crippen molar-refractivity contribution < 1.29 is 0 Å². The molecule has 0 saturated carbocycles. The van der Waals surface area contributed by atoms with Crippen LogP contribution < -0.4 is 0 Å². The maximum Gasteiger partial charge on any atom is 0.0977 e. The highest BCUT2D eigenvalue weighted by molar-refractivity contribution is 4.93. The number of nitrogens with zero attached hydrogens (tertiary/aromatic N) is 2. The topological polar surface area (TPSA) is 27.0 Å². The van der Waals surface area contributed by atoms with Crippen LogP contribution in [-0.2, 0) is 0 Å². The normalized spacial score (nSPS) is 27.8. The molecule has 10 heavy (non-hydrogen) atoms. The van der Waals surface area contributed by atoms with Crippen LogP contribution in [0.3, 0.4) is 0 Å². The molecule has 0 amide bonds. The summed E-state index contributed by atoms with van der Waals surface area (Å²) in [6.45, 7) is 4.27. The number of hydrogen-bond acceptors (Lipinski definition) is 2. The van der Waals surface area contributed by atoms with Crippen LogP contribution in [0.4, 0.5) is 0 Å². The Morgan fingerprint density at radius 2 is 2.40 bits per heavy atom. The summed E-state index contributed by atoms with van der Waals surface area (Å²) < 4.78 is 0. The standard InChI is InChI=1S/C8H14N2/c1-2-10-6-4-3-5-8(10)7-9/h8H,2-6H2,1H3. The van der Waals surface area contributed by atoms with Crippen molar-refractivity contribution in [2.75, 3.05) is 13.1 Å². The van der Waals surface area contributed by atoms with Crippen LogP contribution in [0.5, 0.6) is 0 Å². The zero-order valence-corrected chi connectivity index (χ0v) is 6.51. The maximum atomic E-state index is 8.70. The predicted molar refractivity (Wildman–Crippen MR) is 40.5 cm³/mol. The van der Waals surface area contributed by atoms with Crippen molar-refractivity contribution in [3.8, 4) is 6.07 Å². The van der Waals surface area contributed by atoms with Crippen LogP contribution in [0.25, 0.3) is 0 Å². The second-order valence-electron chi connectivity index (χ2n) is 2.77. The van der Waals surface area contributed by atoms with Crippen LogP contribution in [0.15, 0.2) is 0 Å². The number of piperidine rings is 1. The van der Waals surface area contributed by atoms with Gasteiger partial charge in [0.15, 0.2) is 0 Å². The molecule has 1 unspecified atom stereocenters. The minimum atomic E-state index is 0.207. The van der Waals surface area contributed by atoms with Crippen LogP contribution >= 0.6 is 0 Å².